The van der Waals surface area contributed by atoms with Gasteiger partial charge in [0.05, 0.1) is 9.60 Å². The van der Waals surface area contributed by atoms with E-state index in [0.29, 0.717) is 43.8 Å². The van der Waals surface area contributed by atoms with E-state index in [0.717, 1.165) is 35.5 Å². The number of piperidine rings is 1. The lowest BCUT2D eigenvalue weighted by atomic mass is 10.0. The molecule has 3 aromatic rings. The molecule has 0 aliphatic carbocycles. The number of hydrogen-bond acceptors (Lipinski definition) is 6. The van der Waals surface area contributed by atoms with Crippen LogP contribution in [0, 0.1) is 5.82 Å². The standard InChI is InChI=1S/C25H29FN4O3S2/c1-2-19-6-3-4-13-30(19)35(32,33)20-11-9-18(10-12-20)24(31)28-14-16-29(17-15-28)25-27-23-21(26)7-5-8-22(23)34-25/h5,7-12,19H,2-4,6,13-17H2,1H3. The van der Waals surface area contributed by atoms with Gasteiger partial charge in [-0.15, -0.1) is 0 Å². The van der Waals surface area contributed by atoms with Gasteiger partial charge in [-0.25, -0.2) is 17.8 Å². The van der Waals surface area contributed by atoms with E-state index in [4.69, 9.17) is 0 Å². The van der Waals surface area contributed by atoms with Gasteiger partial charge in [0, 0.05) is 44.3 Å². The number of carbonyl (C=O) groups is 1. The van der Waals surface area contributed by atoms with Crippen molar-refractivity contribution in [3.63, 3.8) is 0 Å². The van der Waals surface area contributed by atoms with Crippen molar-refractivity contribution in [1.29, 1.82) is 0 Å². The highest BCUT2D eigenvalue weighted by atomic mass is 32.2. The molecule has 0 saturated carbocycles. The van der Waals surface area contributed by atoms with E-state index in [1.165, 1.54) is 17.4 Å². The van der Waals surface area contributed by atoms with Crippen LogP contribution in [0.5, 0.6) is 0 Å². The molecule has 2 aliphatic rings. The Morgan fingerprint density at radius 2 is 1.80 bits per heavy atom. The summed E-state index contributed by atoms with van der Waals surface area (Å²) in [6.45, 7) is 4.81. The van der Waals surface area contributed by atoms with Gasteiger partial charge < -0.3 is 9.80 Å². The first-order valence-corrected chi connectivity index (χ1v) is 14.4. The van der Waals surface area contributed by atoms with Crippen molar-refractivity contribution in [2.24, 2.45) is 0 Å². The van der Waals surface area contributed by atoms with Gasteiger partial charge in [-0.2, -0.15) is 4.31 Å². The van der Waals surface area contributed by atoms with Gasteiger partial charge in [-0.3, -0.25) is 4.79 Å². The summed E-state index contributed by atoms with van der Waals surface area (Å²) in [6, 6.07) is 11.3. The number of sulfonamides is 1. The number of para-hydroxylation sites is 1. The minimum absolute atomic E-state index is 0.0401. The quantitative estimate of drug-likeness (QED) is 0.504. The molecule has 0 radical (unpaired) electrons. The lowest BCUT2D eigenvalue weighted by Gasteiger charge is -2.35. The molecule has 35 heavy (non-hydrogen) atoms. The maximum absolute atomic E-state index is 14.0. The molecule has 5 rings (SSSR count). The van der Waals surface area contributed by atoms with Crippen molar-refractivity contribution >= 4 is 42.6 Å². The number of thiazole rings is 1. The highest BCUT2D eigenvalue weighted by Gasteiger charge is 2.32. The van der Waals surface area contributed by atoms with Gasteiger partial charge in [0.2, 0.25) is 10.0 Å². The highest BCUT2D eigenvalue weighted by Crippen LogP contribution is 2.31. The zero-order valence-electron chi connectivity index (χ0n) is 19.7. The first kappa shape index (κ1) is 24.1. The van der Waals surface area contributed by atoms with E-state index in [-0.39, 0.29) is 22.7 Å². The number of piperazine rings is 1. The molecule has 186 valence electrons. The zero-order valence-corrected chi connectivity index (χ0v) is 21.3. The largest absolute Gasteiger partial charge is 0.345 e. The number of carbonyl (C=O) groups excluding carboxylic acids is 1. The van der Waals surface area contributed by atoms with Crippen molar-refractivity contribution in [2.75, 3.05) is 37.6 Å². The van der Waals surface area contributed by atoms with Crippen LogP contribution in [0.1, 0.15) is 43.0 Å². The first-order chi connectivity index (χ1) is 16.9. The van der Waals surface area contributed by atoms with Gasteiger partial charge in [0.15, 0.2) is 5.13 Å². The van der Waals surface area contributed by atoms with Crippen LogP contribution in [0.3, 0.4) is 0 Å². The van der Waals surface area contributed by atoms with Crippen LogP contribution in [0.25, 0.3) is 10.2 Å². The van der Waals surface area contributed by atoms with E-state index in [1.807, 2.05) is 13.0 Å². The van der Waals surface area contributed by atoms with Gasteiger partial charge in [0.1, 0.15) is 11.3 Å². The van der Waals surface area contributed by atoms with Crippen LogP contribution < -0.4 is 4.90 Å². The molecule has 0 N–H and O–H groups in total. The normalized spacial score (nSPS) is 19.9. The molecule has 3 heterocycles. The average molecular weight is 517 g/mol. The molecular weight excluding hydrogens is 487 g/mol. The summed E-state index contributed by atoms with van der Waals surface area (Å²) >= 11 is 1.45. The lowest BCUT2D eigenvalue weighted by molar-refractivity contribution is 0.0746. The third-order valence-electron chi connectivity index (χ3n) is 6.95. The fraction of sp³-hybridized carbons (Fsp3) is 0.440. The fourth-order valence-electron chi connectivity index (χ4n) is 4.93. The number of aromatic nitrogens is 1. The number of rotatable bonds is 5. The summed E-state index contributed by atoms with van der Waals surface area (Å²) in [5.74, 6) is -0.442. The van der Waals surface area contributed by atoms with Gasteiger partial charge in [-0.05, 0) is 55.7 Å². The average Bonchev–Trinajstić information content (AvgIpc) is 3.34. The van der Waals surface area contributed by atoms with Crippen LogP contribution in [0.15, 0.2) is 47.4 Å². The Hall–Kier alpha value is -2.56. The lowest BCUT2D eigenvalue weighted by Crippen LogP contribution is -2.48. The molecule has 2 aliphatic heterocycles. The predicted octanol–water partition coefficient (Wildman–Crippen LogP) is 4.35. The molecule has 10 heteroatoms. The first-order valence-electron chi connectivity index (χ1n) is 12.1. The van der Waals surface area contributed by atoms with Crippen molar-refractivity contribution in [3.8, 4) is 0 Å². The van der Waals surface area contributed by atoms with Crippen LogP contribution in [-0.2, 0) is 10.0 Å². The van der Waals surface area contributed by atoms with E-state index in [9.17, 15) is 17.6 Å². The van der Waals surface area contributed by atoms with Gasteiger partial charge >= 0.3 is 0 Å². The predicted molar refractivity (Wildman–Crippen MR) is 136 cm³/mol. The van der Waals surface area contributed by atoms with E-state index in [1.54, 1.807) is 39.5 Å². The van der Waals surface area contributed by atoms with Gasteiger partial charge in [-0.1, -0.05) is 30.7 Å². The maximum atomic E-state index is 14.0. The molecule has 7 nitrogen and oxygen atoms in total. The van der Waals surface area contributed by atoms with Crippen LogP contribution in [0.2, 0.25) is 0 Å². The molecule has 2 fully saturated rings. The Bertz CT molecular complexity index is 1320. The van der Waals surface area contributed by atoms with Crippen LogP contribution >= 0.6 is 11.3 Å². The summed E-state index contributed by atoms with van der Waals surface area (Å²) in [5.41, 5.74) is 0.862. The highest BCUT2D eigenvalue weighted by molar-refractivity contribution is 7.89. The number of nitrogens with zero attached hydrogens (tertiary/aromatic N) is 4. The molecule has 1 unspecified atom stereocenters. The topological polar surface area (TPSA) is 73.8 Å². The Morgan fingerprint density at radius 1 is 1.06 bits per heavy atom. The summed E-state index contributed by atoms with van der Waals surface area (Å²) < 4.78 is 42.8. The third-order valence-corrected chi connectivity index (χ3v) is 10.00. The van der Waals surface area contributed by atoms with Crippen molar-refractivity contribution < 1.29 is 17.6 Å². The Kier molecular flexibility index (Phi) is 6.78. The minimum Gasteiger partial charge on any atom is -0.345 e. The number of benzene rings is 2. The second-order valence-corrected chi connectivity index (χ2v) is 12.0. The van der Waals surface area contributed by atoms with E-state index < -0.39 is 10.0 Å². The zero-order chi connectivity index (χ0) is 24.6. The number of hydrogen-bond donors (Lipinski definition) is 0. The van der Waals surface area contributed by atoms with Gasteiger partial charge in [0.25, 0.3) is 5.91 Å². The molecule has 0 spiro atoms. The molecule has 1 aromatic heterocycles. The maximum Gasteiger partial charge on any atom is 0.253 e. The summed E-state index contributed by atoms with van der Waals surface area (Å²) in [6.07, 6.45) is 3.63. The number of amides is 1. The van der Waals surface area contributed by atoms with E-state index in [2.05, 4.69) is 9.88 Å². The van der Waals surface area contributed by atoms with Crippen molar-refractivity contribution in [3.05, 3.63) is 53.8 Å². The monoisotopic (exact) mass is 516 g/mol. The second-order valence-electron chi connectivity index (χ2n) is 9.06. The fourth-order valence-corrected chi connectivity index (χ4v) is 7.72. The SMILES string of the molecule is CCC1CCCCN1S(=O)(=O)c1ccc(C(=O)N2CCN(c3nc4c(F)cccc4s3)CC2)cc1. The number of halogens is 1. The Balaban J connectivity index is 1.24. The Morgan fingerprint density at radius 3 is 2.49 bits per heavy atom. The Labute approximate surface area is 209 Å². The number of anilines is 1. The molecule has 2 saturated heterocycles. The van der Waals surface area contributed by atoms with E-state index >= 15 is 0 Å². The third kappa shape index (κ3) is 4.66. The molecular formula is C25H29FN4O3S2. The van der Waals surface area contributed by atoms with Crippen molar-refractivity contribution in [2.45, 2.75) is 43.5 Å². The van der Waals surface area contributed by atoms with Crippen LogP contribution in [-0.4, -0.2) is 67.3 Å². The molecule has 1 amide bonds. The molecule has 1 atom stereocenters. The minimum atomic E-state index is -3.57. The second kappa shape index (κ2) is 9.83. The summed E-state index contributed by atoms with van der Waals surface area (Å²) in [7, 11) is -3.57. The molecule has 2 aromatic carbocycles. The smallest absolute Gasteiger partial charge is 0.253 e. The molecule has 0 bridgehead atoms. The number of fused-ring (bicyclic) bond motifs is 1. The summed E-state index contributed by atoms with van der Waals surface area (Å²) in [4.78, 5) is 21.6. The van der Waals surface area contributed by atoms with Crippen LogP contribution in [0.4, 0.5) is 9.52 Å². The summed E-state index contributed by atoms with van der Waals surface area (Å²) in [5, 5.41) is 0.759. The van der Waals surface area contributed by atoms with Crippen molar-refractivity contribution in [1.82, 2.24) is 14.2 Å².